The number of hydrogen-bond acceptors (Lipinski definition) is 4. The van der Waals surface area contributed by atoms with Crippen molar-refractivity contribution in [2.24, 2.45) is 7.05 Å². The molecule has 24 heavy (non-hydrogen) atoms. The maximum absolute atomic E-state index is 12.5. The summed E-state index contributed by atoms with van der Waals surface area (Å²) in [6.07, 6.45) is 0.912. The van der Waals surface area contributed by atoms with Crippen molar-refractivity contribution in [1.29, 1.82) is 0 Å². The van der Waals surface area contributed by atoms with E-state index in [9.17, 15) is 4.79 Å². The van der Waals surface area contributed by atoms with E-state index < -0.39 is 0 Å². The summed E-state index contributed by atoms with van der Waals surface area (Å²) in [6, 6.07) is 7.91. The number of benzene rings is 1. The molecule has 124 valence electrons. The molecule has 3 aromatic rings. The molecule has 7 nitrogen and oxygen atoms in total. The molecule has 0 saturated heterocycles. The minimum absolute atomic E-state index is 0.204. The minimum atomic E-state index is -0.204. The van der Waals surface area contributed by atoms with E-state index in [1.165, 1.54) is 0 Å². The Morgan fingerprint density at radius 2 is 2.21 bits per heavy atom. The van der Waals surface area contributed by atoms with Gasteiger partial charge in [-0.25, -0.2) is 9.67 Å². The van der Waals surface area contributed by atoms with Crippen LogP contribution in [0.3, 0.4) is 0 Å². The van der Waals surface area contributed by atoms with Crippen LogP contribution in [-0.4, -0.2) is 31.8 Å². The largest absolute Gasteiger partial charge is 0.478 e. The number of imidazole rings is 1. The van der Waals surface area contributed by atoms with Gasteiger partial charge < -0.3 is 14.6 Å². The van der Waals surface area contributed by atoms with E-state index in [4.69, 9.17) is 4.74 Å². The van der Waals surface area contributed by atoms with Gasteiger partial charge in [-0.2, -0.15) is 5.10 Å². The number of rotatable bonds is 3. The number of hydrogen-bond donors (Lipinski definition) is 1. The third-order valence-electron chi connectivity index (χ3n) is 4.39. The molecular formula is C17H19N5O2. The monoisotopic (exact) mass is 325 g/mol. The molecule has 1 aromatic carbocycles. The van der Waals surface area contributed by atoms with Crippen LogP contribution in [0.1, 0.15) is 28.3 Å². The number of aryl methyl sites for hydroxylation is 2. The fourth-order valence-electron chi connectivity index (χ4n) is 3.07. The normalized spacial score (nSPS) is 13.6. The zero-order valence-corrected chi connectivity index (χ0v) is 13.7. The van der Waals surface area contributed by atoms with E-state index in [0.717, 1.165) is 35.4 Å². The van der Waals surface area contributed by atoms with Crippen LogP contribution in [-0.2, 0) is 20.1 Å². The zero-order chi connectivity index (χ0) is 16.7. The van der Waals surface area contributed by atoms with Crippen molar-refractivity contribution in [1.82, 2.24) is 24.6 Å². The molecule has 4 rings (SSSR count). The summed E-state index contributed by atoms with van der Waals surface area (Å²) in [5.41, 5.74) is 3.18. The summed E-state index contributed by atoms with van der Waals surface area (Å²) in [4.78, 5) is 17.1. The number of fused-ring (bicyclic) bond motifs is 2. The Balaban J connectivity index is 1.54. The van der Waals surface area contributed by atoms with E-state index in [1.54, 1.807) is 4.68 Å². The number of nitrogens with zero attached hydrogens (tertiary/aromatic N) is 4. The topological polar surface area (TPSA) is 74.0 Å². The number of ether oxygens (including phenoxy) is 1. The molecule has 0 radical (unpaired) electrons. The van der Waals surface area contributed by atoms with Gasteiger partial charge >= 0.3 is 0 Å². The third-order valence-corrected chi connectivity index (χ3v) is 4.39. The van der Waals surface area contributed by atoms with Crippen LogP contribution < -0.4 is 10.1 Å². The SMILES string of the molecule is Cc1c(C(=O)NCc2nc3ccccc3n2C)nn2c1OCCC2. The summed E-state index contributed by atoms with van der Waals surface area (Å²) in [5, 5.41) is 7.29. The lowest BCUT2D eigenvalue weighted by atomic mass is 10.2. The van der Waals surface area contributed by atoms with Gasteiger partial charge in [-0.15, -0.1) is 0 Å². The first-order chi connectivity index (χ1) is 11.6. The van der Waals surface area contributed by atoms with Gasteiger partial charge in [0.2, 0.25) is 5.88 Å². The van der Waals surface area contributed by atoms with E-state index in [0.29, 0.717) is 24.7 Å². The van der Waals surface area contributed by atoms with Gasteiger partial charge in [0, 0.05) is 25.6 Å². The molecule has 7 heteroatoms. The lowest BCUT2D eigenvalue weighted by Crippen LogP contribution is -2.25. The van der Waals surface area contributed by atoms with Gasteiger partial charge in [-0.3, -0.25) is 4.79 Å². The van der Waals surface area contributed by atoms with Gasteiger partial charge in [0.1, 0.15) is 5.82 Å². The van der Waals surface area contributed by atoms with Crippen molar-refractivity contribution < 1.29 is 9.53 Å². The highest BCUT2D eigenvalue weighted by Crippen LogP contribution is 2.25. The Bertz CT molecular complexity index is 925. The molecule has 1 N–H and O–H groups in total. The fraction of sp³-hybridized carbons (Fsp3) is 0.353. The third kappa shape index (κ3) is 2.33. The molecule has 0 unspecified atom stereocenters. The van der Waals surface area contributed by atoms with Crippen LogP contribution in [0.5, 0.6) is 5.88 Å². The lowest BCUT2D eigenvalue weighted by molar-refractivity contribution is 0.0943. The number of carbonyl (C=O) groups excluding carboxylic acids is 1. The standard InChI is InChI=1S/C17H19N5O2/c1-11-15(20-22-8-5-9-24-17(11)22)16(23)18-10-14-19-12-6-3-4-7-13(12)21(14)2/h3-4,6-7H,5,8-10H2,1-2H3,(H,18,23). The quantitative estimate of drug-likeness (QED) is 0.797. The Kier molecular flexibility index (Phi) is 3.48. The first-order valence-corrected chi connectivity index (χ1v) is 8.04. The number of amides is 1. The van der Waals surface area contributed by atoms with Gasteiger partial charge in [-0.05, 0) is 19.1 Å². The molecular weight excluding hydrogens is 306 g/mol. The van der Waals surface area contributed by atoms with Crippen LogP contribution in [0.4, 0.5) is 0 Å². The smallest absolute Gasteiger partial charge is 0.272 e. The summed E-state index contributed by atoms with van der Waals surface area (Å²) < 4.78 is 9.37. The van der Waals surface area contributed by atoms with Crippen molar-refractivity contribution in [2.75, 3.05) is 6.61 Å². The predicted molar refractivity (Wildman–Crippen MR) is 89.0 cm³/mol. The van der Waals surface area contributed by atoms with E-state index in [-0.39, 0.29) is 5.91 Å². The second-order valence-corrected chi connectivity index (χ2v) is 5.96. The maximum atomic E-state index is 12.5. The summed E-state index contributed by atoms with van der Waals surface area (Å²) in [5.74, 6) is 1.31. The molecule has 1 amide bonds. The first kappa shape index (κ1) is 14.7. The van der Waals surface area contributed by atoms with Crippen molar-refractivity contribution in [3.05, 3.63) is 41.3 Å². The van der Waals surface area contributed by atoms with Crippen molar-refractivity contribution >= 4 is 16.9 Å². The Morgan fingerprint density at radius 1 is 1.38 bits per heavy atom. The highest BCUT2D eigenvalue weighted by Gasteiger charge is 2.23. The Labute approximate surface area is 139 Å². The highest BCUT2D eigenvalue weighted by molar-refractivity contribution is 5.94. The first-order valence-electron chi connectivity index (χ1n) is 8.04. The number of aromatic nitrogens is 4. The molecule has 1 aliphatic rings. The molecule has 2 aromatic heterocycles. The van der Waals surface area contributed by atoms with Crippen LogP contribution in [0.25, 0.3) is 11.0 Å². The Hall–Kier alpha value is -2.83. The van der Waals surface area contributed by atoms with Gasteiger partial charge in [0.15, 0.2) is 5.69 Å². The average Bonchev–Trinajstić information content (AvgIpc) is 3.11. The second-order valence-electron chi connectivity index (χ2n) is 5.96. The van der Waals surface area contributed by atoms with Gasteiger partial charge in [-0.1, -0.05) is 12.1 Å². The molecule has 0 fully saturated rings. The van der Waals surface area contributed by atoms with Gasteiger partial charge in [0.25, 0.3) is 5.91 Å². The summed E-state index contributed by atoms with van der Waals surface area (Å²) >= 11 is 0. The van der Waals surface area contributed by atoms with Gasteiger partial charge in [0.05, 0.1) is 24.2 Å². The molecule has 0 aliphatic carbocycles. The number of para-hydroxylation sites is 2. The summed E-state index contributed by atoms with van der Waals surface area (Å²) in [7, 11) is 1.95. The molecule has 0 atom stereocenters. The van der Waals surface area contributed by atoms with Crippen molar-refractivity contribution in [3.63, 3.8) is 0 Å². The van der Waals surface area contributed by atoms with E-state index in [2.05, 4.69) is 15.4 Å². The highest BCUT2D eigenvalue weighted by atomic mass is 16.5. The van der Waals surface area contributed by atoms with Crippen LogP contribution in [0.2, 0.25) is 0 Å². The van der Waals surface area contributed by atoms with Crippen LogP contribution in [0.15, 0.2) is 24.3 Å². The van der Waals surface area contributed by atoms with E-state index >= 15 is 0 Å². The second kappa shape index (κ2) is 5.67. The average molecular weight is 325 g/mol. The van der Waals surface area contributed by atoms with E-state index in [1.807, 2.05) is 42.8 Å². The van der Waals surface area contributed by atoms with Crippen LogP contribution in [0, 0.1) is 6.92 Å². The maximum Gasteiger partial charge on any atom is 0.272 e. The lowest BCUT2D eigenvalue weighted by Gasteiger charge is -2.14. The van der Waals surface area contributed by atoms with Crippen LogP contribution >= 0.6 is 0 Å². The predicted octanol–water partition coefficient (Wildman–Crippen LogP) is 1.79. The Morgan fingerprint density at radius 3 is 3.00 bits per heavy atom. The fourth-order valence-corrected chi connectivity index (χ4v) is 3.07. The summed E-state index contributed by atoms with van der Waals surface area (Å²) in [6.45, 7) is 3.68. The molecule has 3 heterocycles. The number of nitrogens with one attached hydrogen (secondary N) is 1. The molecule has 0 spiro atoms. The molecule has 0 bridgehead atoms. The molecule has 0 saturated carbocycles. The minimum Gasteiger partial charge on any atom is -0.478 e. The van der Waals surface area contributed by atoms with Crippen molar-refractivity contribution in [2.45, 2.75) is 26.4 Å². The molecule has 1 aliphatic heterocycles. The number of carbonyl (C=O) groups is 1. The van der Waals surface area contributed by atoms with Crippen molar-refractivity contribution in [3.8, 4) is 5.88 Å². The zero-order valence-electron chi connectivity index (χ0n) is 13.7.